The molecule has 1 aromatic heterocycles. The molecule has 1 aromatic rings. The average Bonchev–Trinajstić information content (AvgIpc) is 2.63. The molecule has 1 aliphatic rings. The van der Waals surface area contributed by atoms with Crippen LogP contribution < -0.4 is 4.72 Å². The van der Waals surface area contributed by atoms with E-state index >= 15 is 0 Å². The molecule has 5 nitrogen and oxygen atoms in total. The van der Waals surface area contributed by atoms with Crippen molar-refractivity contribution >= 4 is 26.0 Å². The molecule has 94 valence electrons. The van der Waals surface area contributed by atoms with Crippen molar-refractivity contribution in [3.8, 4) is 0 Å². The first-order chi connectivity index (χ1) is 7.99. The van der Waals surface area contributed by atoms with Gasteiger partial charge in [0.05, 0.1) is 0 Å². The third-order valence-corrected chi connectivity index (χ3v) is 5.17. The van der Waals surface area contributed by atoms with Crippen LogP contribution in [0.5, 0.6) is 0 Å². The fourth-order valence-corrected chi connectivity index (χ4v) is 4.07. The molecule has 0 amide bonds. The van der Waals surface area contributed by atoms with Crippen LogP contribution in [0.25, 0.3) is 0 Å². The Kier molecular flexibility index (Phi) is 3.82. The average molecular weight is 320 g/mol. The van der Waals surface area contributed by atoms with E-state index in [-0.39, 0.29) is 10.9 Å². The fraction of sp³-hybridized carbons (Fsp3) is 0.500. The molecule has 1 saturated heterocycles. The summed E-state index contributed by atoms with van der Waals surface area (Å²) in [5.41, 5.74) is 0. The van der Waals surface area contributed by atoms with Crippen molar-refractivity contribution < 1.29 is 8.42 Å². The zero-order valence-corrected chi connectivity index (χ0v) is 11.8. The highest BCUT2D eigenvalue weighted by atomic mass is 79.9. The number of likely N-dealkylation sites (tertiary alicyclic amines) is 1. The van der Waals surface area contributed by atoms with Crippen LogP contribution in [0.1, 0.15) is 6.42 Å². The molecule has 0 spiro atoms. The number of pyridine rings is 1. The van der Waals surface area contributed by atoms with Gasteiger partial charge in [-0.3, -0.25) is 0 Å². The van der Waals surface area contributed by atoms with Crippen LogP contribution in [0.2, 0.25) is 0 Å². The molecule has 1 aliphatic heterocycles. The maximum Gasteiger partial charge on any atom is 0.243 e. The van der Waals surface area contributed by atoms with E-state index in [0.717, 1.165) is 19.5 Å². The number of rotatable bonds is 3. The number of hydrogen-bond acceptors (Lipinski definition) is 4. The van der Waals surface area contributed by atoms with Gasteiger partial charge in [0, 0.05) is 18.8 Å². The summed E-state index contributed by atoms with van der Waals surface area (Å²) in [6.07, 6.45) is 2.39. The summed E-state index contributed by atoms with van der Waals surface area (Å²) in [5.74, 6) is 0. The molecule has 2 heterocycles. The van der Waals surface area contributed by atoms with Crippen molar-refractivity contribution in [3.63, 3.8) is 0 Å². The minimum absolute atomic E-state index is 0.0166. The number of sulfonamides is 1. The second kappa shape index (κ2) is 5.01. The summed E-state index contributed by atoms with van der Waals surface area (Å²) in [7, 11) is -1.50. The summed E-state index contributed by atoms with van der Waals surface area (Å²) >= 11 is 3.15. The van der Waals surface area contributed by atoms with Crippen LogP contribution in [0.15, 0.2) is 27.8 Å². The first kappa shape index (κ1) is 12.9. The Bertz CT molecular complexity index is 506. The van der Waals surface area contributed by atoms with Crippen molar-refractivity contribution in [2.24, 2.45) is 0 Å². The van der Waals surface area contributed by atoms with Gasteiger partial charge in [-0.25, -0.2) is 18.1 Å². The van der Waals surface area contributed by atoms with Gasteiger partial charge >= 0.3 is 0 Å². The highest BCUT2D eigenvalue weighted by Gasteiger charge is 2.26. The lowest BCUT2D eigenvalue weighted by Gasteiger charge is -2.13. The molecule has 7 heteroatoms. The summed E-state index contributed by atoms with van der Waals surface area (Å²) in [6, 6.07) is 3.13. The lowest BCUT2D eigenvalue weighted by molar-refractivity contribution is 0.407. The Morgan fingerprint density at radius 2 is 2.35 bits per heavy atom. The molecule has 0 bridgehead atoms. The molecule has 1 atom stereocenters. The van der Waals surface area contributed by atoms with Crippen LogP contribution >= 0.6 is 15.9 Å². The summed E-state index contributed by atoms with van der Waals surface area (Å²) in [5, 5.41) is 0. The van der Waals surface area contributed by atoms with Crippen LogP contribution in [0.4, 0.5) is 0 Å². The van der Waals surface area contributed by atoms with Gasteiger partial charge < -0.3 is 4.90 Å². The Morgan fingerprint density at radius 3 is 2.94 bits per heavy atom. The Labute approximate surface area is 109 Å². The lowest BCUT2D eigenvalue weighted by atomic mass is 10.3. The van der Waals surface area contributed by atoms with Gasteiger partial charge in [0.25, 0.3) is 0 Å². The number of likely N-dealkylation sites (N-methyl/N-ethyl adjacent to an activating group) is 1. The van der Waals surface area contributed by atoms with Crippen molar-refractivity contribution in [1.29, 1.82) is 0 Å². The molecule has 0 saturated carbocycles. The standard InChI is InChI=1S/C10H14BrN3O2S/c1-14-6-4-8(7-14)13-17(15,16)9-3-2-5-12-10(9)11/h2-3,5,8,13H,4,6-7H2,1H3. The van der Waals surface area contributed by atoms with Gasteiger partial charge in [-0.15, -0.1) is 0 Å². The quantitative estimate of drug-likeness (QED) is 0.838. The fourth-order valence-electron chi connectivity index (χ4n) is 1.89. The monoisotopic (exact) mass is 319 g/mol. The lowest BCUT2D eigenvalue weighted by Crippen LogP contribution is -2.36. The normalized spacial score (nSPS) is 21.9. The molecule has 17 heavy (non-hydrogen) atoms. The molecule has 0 aromatic carbocycles. The van der Waals surface area contributed by atoms with E-state index in [4.69, 9.17) is 0 Å². The van der Waals surface area contributed by atoms with Gasteiger partial charge in [-0.1, -0.05) is 0 Å². The van der Waals surface area contributed by atoms with E-state index in [2.05, 4.69) is 30.5 Å². The SMILES string of the molecule is CN1CCC(NS(=O)(=O)c2cccnc2Br)C1. The van der Waals surface area contributed by atoms with Gasteiger partial charge in [0.1, 0.15) is 9.50 Å². The Morgan fingerprint density at radius 1 is 1.59 bits per heavy atom. The largest absolute Gasteiger partial charge is 0.305 e. The zero-order chi connectivity index (χ0) is 12.5. The van der Waals surface area contributed by atoms with Crippen molar-refractivity contribution in [1.82, 2.24) is 14.6 Å². The Hall–Kier alpha value is -0.500. The van der Waals surface area contributed by atoms with Gasteiger partial charge in [-0.2, -0.15) is 0 Å². The second-order valence-electron chi connectivity index (χ2n) is 4.16. The van der Waals surface area contributed by atoms with Gasteiger partial charge in [0.15, 0.2) is 0 Å². The molecular weight excluding hydrogens is 306 g/mol. The van der Waals surface area contributed by atoms with Crippen LogP contribution in [0.3, 0.4) is 0 Å². The number of hydrogen-bond donors (Lipinski definition) is 1. The second-order valence-corrected chi connectivity index (χ2v) is 6.60. The van der Waals surface area contributed by atoms with Crippen molar-refractivity contribution in [2.75, 3.05) is 20.1 Å². The highest BCUT2D eigenvalue weighted by molar-refractivity contribution is 9.10. The Balaban J connectivity index is 2.17. The van der Waals surface area contributed by atoms with E-state index in [1.165, 1.54) is 6.07 Å². The van der Waals surface area contributed by atoms with E-state index in [0.29, 0.717) is 4.60 Å². The van der Waals surface area contributed by atoms with Crippen molar-refractivity contribution in [2.45, 2.75) is 17.4 Å². The number of aromatic nitrogens is 1. The number of nitrogens with one attached hydrogen (secondary N) is 1. The topological polar surface area (TPSA) is 62.3 Å². The molecule has 1 fully saturated rings. The van der Waals surface area contributed by atoms with E-state index in [9.17, 15) is 8.42 Å². The zero-order valence-electron chi connectivity index (χ0n) is 9.43. The predicted octanol–water partition coefficient (Wildman–Crippen LogP) is 0.827. The molecule has 1 unspecified atom stereocenters. The number of halogens is 1. The predicted molar refractivity (Wildman–Crippen MR) is 68.2 cm³/mol. The summed E-state index contributed by atoms with van der Waals surface area (Å²) in [6.45, 7) is 1.67. The first-order valence-corrected chi connectivity index (χ1v) is 7.58. The van der Waals surface area contributed by atoms with Gasteiger partial charge in [0.2, 0.25) is 10.0 Å². The van der Waals surface area contributed by atoms with Crippen LogP contribution in [0, 0.1) is 0 Å². The third kappa shape index (κ3) is 3.04. The van der Waals surface area contributed by atoms with Crippen LogP contribution in [-0.2, 0) is 10.0 Å². The van der Waals surface area contributed by atoms with Crippen molar-refractivity contribution in [3.05, 3.63) is 22.9 Å². The maximum absolute atomic E-state index is 12.1. The molecule has 0 aliphatic carbocycles. The first-order valence-electron chi connectivity index (χ1n) is 5.30. The smallest absolute Gasteiger partial charge is 0.243 e. The van der Waals surface area contributed by atoms with E-state index < -0.39 is 10.0 Å². The highest BCUT2D eigenvalue weighted by Crippen LogP contribution is 2.19. The molecular formula is C10H14BrN3O2S. The summed E-state index contributed by atoms with van der Waals surface area (Å²) in [4.78, 5) is 6.21. The van der Waals surface area contributed by atoms with Gasteiger partial charge in [-0.05, 0) is 48.1 Å². The molecule has 2 rings (SSSR count). The number of nitrogens with zero attached hydrogens (tertiary/aromatic N) is 2. The molecule has 0 radical (unpaired) electrons. The minimum Gasteiger partial charge on any atom is -0.305 e. The van der Waals surface area contributed by atoms with E-state index in [1.807, 2.05) is 7.05 Å². The summed E-state index contributed by atoms with van der Waals surface area (Å²) < 4.78 is 27.3. The minimum atomic E-state index is -3.48. The van der Waals surface area contributed by atoms with E-state index in [1.54, 1.807) is 12.3 Å². The molecule has 1 N–H and O–H groups in total. The van der Waals surface area contributed by atoms with Crippen LogP contribution in [-0.4, -0.2) is 44.5 Å². The maximum atomic E-state index is 12.1. The third-order valence-electron chi connectivity index (χ3n) is 2.73.